The molecule has 0 bridgehead atoms. The van der Waals surface area contributed by atoms with Crippen molar-refractivity contribution in [1.82, 2.24) is 0 Å². The molecule has 0 unspecified atom stereocenters. The number of sulfonamides is 1. The predicted octanol–water partition coefficient (Wildman–Crippen LogP) is 4.11. The molecule has 0 aliphatic heterocycles. The van der Waals surface area contributed by atoms with Gasteiger partial charge in [-0.1, -0.05) is 31.9 Å². The summed E-state index contributed by atoms with van der Waals surface area (Å²) in [6, 6.07) is 9.49. The first-order valence-electron chi connectivity index (χ1n) is 6.41. The second-order valence-electron chi connectivity index (χ2n) is 4.70. The van der Waals surface area contributed by atoms with Gasteiger partial charge in [0.25, 0.3) is 10.0 Å². The summed E-state index contributed by atoms with van der Waals surface area (Å²) in [5.41, 5.74) is 1.15. The van der Waals surface area contributed by atoms with Gasteiger partial charge in [0, 0.05) is 8.95 Å². The second kappa shape index (κ2) is 7.02. The molecule has 122 valence electrons. The first kappa shape index (κ1) is 18.0. The van der Waals surface area contributed by atoms with Crippen LogP contribution in [0.15, 0.2) is 50.2 Å². The van der Waals surface area contributed by atoms with Gasteiger partial charge in [-0.15, -0.1) is 0 Å². The number of carbonyl (C=O) groups excluding carboxylic acids is 1. The van der Waals surface area contributed by atoms with Crippen LogP contribution in [0.1, 0.15) is 15.9 Å². The molecule has 2 aromatic carbocycles. The van der Waals surface area contributed by atoms with Crippen molar-refractivity contribution in [2.24, 2.45) is 0 Å². The zero-order chi connectivity index (χ0) is 17.2. The van der Waals surface area contributed by atoms with Crippen LogP contribution in [0.5, 0.6) is 0 Å². The molecule has 0 saturated heterocycles. The van der Waals surface area contributed by atoms with Crippen molar-refractivity contribution in [2.45, 2.75) is 11.8 Å². The van der Waals surface area contributed by atoms with E-state index in [0.29, 0.717) is 10.2 Å². The fourth-order valence-electron chi connectivity index (χ4n) is 1.95. The maximum atomic E-state index is 12.6. The molecule has 0 aliphatic carbocycles. The van der Waals surface area contributed by atoms with Crippen molar-refractivity contribution in [3.63, 3.8) is 0 Å². The normalized spacial score (nSPS) is 11.1. The van der Waals surface area contributed by atoms with Crippen molar-refractivity contribution < 1.29 is 17.9 Å². The third-order valence-electron chi connectivity index (χ3n) is 3.07. The lowest BCUT2D eigenvalue weighted by molar-refractivity contribution is 0.0596. The number of rotatable bonds is 4. The first-order valence-corrected chi connectivity index (χ1v) is 9.48. The zero-order valence-corrected chi connectivity index (χ0v) is 16.2. The van der Waals surface area contributed by atoms with Crippen LogP contribution in [0.4, 0.5) is 5.69 Å². The van der Waals surface area contributed by atoms with Crippen LogP contribution in [-0.4, -0.2) is 21.5 Å². The maximum Gasteiger partial charge on any atom is 0.339 e. The molecular formula is C15H13Br2NO4S. The summed E-state index contributed by atoms with van der Waals surface area (Å²) in [6.07, 6.45) is 0. The molecule has 0 amide bonds. The van der Waals surface area contributed by atoms with Crippen LogP contribution in [0.25, 0.3) is 0 Å². The lowest BCUT2D eigenvalue weighted by Crippen LogP contribution is -2.18. The van der Waals surface area contributed by atoms with Gasteiger partial charge in [-0.25, -0.2) is 13.2 Å². The molecule has 1 N–H and O–H groups in total. The average Bonchev–Trinajstić information content (AvgIpc) is 2.49. The van der Waals surface area contributed by atoms with E-state index in [1.807, 2.05) is 0 Å². The van der Waals surface area contributed by atoms with E-state index < -0.39 is 16.0 Å². The summed E-state index contributed by atoms with van der Waals surface area (Å²) in [6.45, 7) is 1.78. The van der Waals surface area contributed by atoms with Gasteiger partial charge in [-0.05, 0) is 48.9 Å². The number of hydrogen-bond donors (Lipinski definition) is 1. The molecular weight excluding hydrogens is 450 g/mol. The van der Waals surface area contributed by atoms with Gasteiger partial charge in [0.1, 0.15) is 4.90 Å². The third kappa shape index (κ3) is 4.13. The van der Waals surface area contributed by atoms with E-state index in [2.05, 4.69) is 41.3 Å². The molecule has 0 aromatic heterocycles. The van der Waals surface area contributed by atoms with E-state index in [1.54, 1.807) is 31.2 Å². The van der Waals surface area contributed by atoms with Crippen molar-refractivity contribution in [2.75, 3.05) is 11.8 Å². The smallest absolute Gasteiger partial charge is 0.339 e. The quantitative estimate of drug-likeness (QED) is 0.694. The molecule has 2 aromatic rings. The minimum absolute atomic E-state index is 0.0378. The molecule has 0 radical (unpaired) electrons. The third-order valence-corrected chi connectivity index (χ3v) is 5.48. The van der Waals surface area contributed by atoms with Crippen molar-refractivity contribution >= 4 is 53.5 Å². The Morgan fingerprint density at radius 2 is 1.70 bits per heavy atom. The van der Waals surface area contributed by atoms with Crippen LogP contribution in [0.3, 0.4) is 0 Å². The summed E-state index contributed by atoms with van der Waals surface area (Å²) in [4.78, 5) is 11.7. The molecule has 0 spiro atoms. The number of methoxy groups -OCH3 is 1. The number of aryl methyl sites for hydroxylation is 1. The zero-order valence-electron chi connectivity index (χ0n) is 12.3. The standard InChI is InChI=1S/C15H13Br2NO4S/c1-9-7-10(16)3-5-13(9)18-23(20,21)14-6-4-11(17)8-12(14)15(19)22-2/h3-8,18H,1-2H3. The minimum Gasteiger partial charge on any atom is -0.465 e. The Balaban J connectivity index is 2.50. The van der Waals surface area contributed by atoms with Crippen LogP contribution < -0.4 is 4.72 Å². The SMILES string of the molecule is COC(=O)c1cc(Br)ccc1S(=O)(=O)Nc1ccc(Br)cc1C. The van der Waals surface area contributed by atoms with Crippen molar-refractivity contribution in [3.05, 3.63) is 56.5 Å². The molecule has 23 heavy (non-hydrogen) atoms. The summed E-state index contributed by atoms with van der Waals surface area (Å²) in [7, 11) is -2.74. The Morgan fingerprint density at radius 3 is 2.30 bits per heavy atom. The number of ether oxygens (including phenoxy) is 1. The lowest BCUT2D eigenvalue weighted by atomic mass is 10.2. The molecule has 0 heterocycles. The molecule has 0 atom stereocenters. The number of esters is 1. The fourth-order valence-corrected chi connectivity index (χ4v) is 4.09. The van der Waals surface area contributed by atoms with E-state index in [9.17, 15) is 13.2 Å². The molecule has 2 rings (SSSR count). The minimum atomic E-state index is -3.94. The first-order chi connectivity index (χ1) is 10.7. The van der Waals surface area contributed by atoms with Gasteiger partial charge in [0.2, 0.25) is 0 Å². The molecule has 5 nitrogen and oxygen atoms in total. The van der Waals surface area contributed by atoms with Gasteiger partial charge in [0.05, 0.1) is 18.4 Å². The fraction of sp³-hybridized carbons (Fsp3) is 0.133. The predicted molar refractivity (Wildman–Crippen MR) is 95.2 cm³/mol. The molecule has 8 heteroatoms. The number of carbonyl (C=O) groups is 1. The van der Waals surface area contributed by atoms with E-state index in [-0.39, 0.29) is 10.5 Å². The van der Waals surface area contributed by atoms with Gasteiger partial charge < -0.3 is 4.74 Å². The molecule has 0 fully saturated rings. The Morgan fingerprint density at radius 1 is 1.09 bits per heavy atom. The topological polar surface area (TPSA) is 72.5 Å². The Kier molecular flexibility index (Phi) is 5.49. The van der Waals surface area contributed by atoms with E-state index in [1.165, 1.54) is 19.2 Å². The lowest BCUT2D eigenvalue weighted by Gasteiger charge is -2.13. The number of benzene rings is 2. The molecule has 0 aliphatic rings. The summed E-state index contributed by atoms with van der Waals surface area (Å²) in [5, 5.41) is 0. The van der Waals surface area contributed by atoms with Gasteiger partial charge >= 0.3 is 5.97 Å². The van der Waals surface area contributed by atoms with Crippen LogP contribution in [-0.2, 0) is 14.8 Å². The Hall–Kier alpha value is -1.38. The monoisotopic (exact) mass is 461 g/mol. The van der Waals surface area contributed by atoms with Crippen LogP contribution in [0, 0.1) is 6.92 Å². The second-order valence-corrected chi connectivity index (χ2v) is 8.18. The maximum absolute atomic E-state index is 12.6. The van der Waals surface area contributed by atoms with E-state index in [4.69, 9.17) is 0 Å². The highest BCUT2D eigenvalue weighted by atomic mass is 79.9. The van der Waals surface area contributed by atoms with Crippen LogP contribution in [0.2, 0.25) is 0 Å². The average molecular weight is 463 g/mol. The largest absolute Gasteiger partial charge is 0.465 e. The Bertz CT molecular complexity index is 866. The number of nitrogens with one attached hydrogen (secondary N) is 1. The van der Waals surface area contributed by atoms with E-state index in [0.717, 1.165) is 10.0 Å². The van der Waals surface area contributed by atoms with Crippen molar-refractivity contribution in [3.8, 4) is 0 Å². The highest BCUT2D eigenvalue weighted by molar-refractivity contribution is 9.10. The number of halogens is 2. The molecule has 0 saturated carbocycles. The van der Waals surface area contributed by atoms with Crippen LogP contribution >= 0.6 is 31.9 Å². The summed E-state index contributed by atoms with van der Waals surface area (Å²) < 4.78 is 33.9. The van der Waals surface area contributed by atoms with Gasteiger partial charge in [-0.3, -0.25) is 4.72 Å². The van der Waals surface area contributed by atoms with Gasteiger partial charge in [0.15, 0.2) is 0 Å². The number of hydrogen-bond acceptors (Lipinski definition) is 4. The highest BCUT2D eigenvalue weighted by Gasteiger charge is 2.24. The summed E-state index contributed by atoms with van der Waals surface area (Å²) >= 11 is 6.54. The number of anilines is 1. The summed E-state index contributed by atoms with van der Waals surface area (Å²) in [5.74, 6) is -0.723. The Labute approximate surface area is 151 Å². The van der Waals surface area contributed by atoms with Gasteiger partial charge in [-0.2, -0.15) is 0 Å². The van der Waals surface area contributed by atoms with E-state index >= 15 is 0 Å². The highest BCUT2D eigenvalue weighted by Crippen LogP contribution is 2.26. The van der Waals surface area contributed by atoms with Crippen molar-refractivity contribution in [1.29, 1.82) is 0 Å².